The molecule has 104 valence electrons. The Labute approximate surface area is 110 Å². The maximum Gasteiger partial charge on any atom is 0.408 e. The first kappa shape index (κ1) is 14.9. The van der Waals surface area contributed by atoms with Crippen LogP contribution in [0.1, 0.15) is 12.5 Å². The van der Waals surface area contributed by atoms with E-state index in [-0.39, 0.29) is 6.61 Å². The summed E-state index contributed by atoms with van der Waals surface area (Å²) in [6.45, 7) is 1.43. The number of nitrogens with two attached hydrogens (primary N) is 1. The van der Waals surface area contributed by atoms with E-state index in [2.05, 4.69) is 5.32 Å². The molecule has 2 atom stereocenters. The van der Waals surface area contributed by atoms with Gasteiger partial charge in [-0.3, -0.25) is 10.2 Å². The minimum absolute atomic E-state index is 0.0729. The first-order valence-corrected chi connectivity index (χ1v) is 5.70. The lowest BCUT2D eigenvalue weighted by molar-refractivity contribution is -0.125. The molecular formula is C12H17N3O4. The molecule has 19 heavy (non-hydrogen) atoms. The molecule has 0 bridgehead atoms. The summed E-state index contributed by atoms with van der Waals surface area (Å²) in [5, 5.41) is 11.6. The van der Waals surface area contributed by atoms with Gasteiger partial charge >= 0.3 is 6.09 Å². The molecule has 0 unspecified atom stereocenters. The monoisotopic (exact) mass is 267 g/mol. The molecule has 7 nitrogen and oxygen atoms in total. The molecular weight excluding hydrogens is 250 g/mol. The molecule has 0 aliphatic rings. The number of hydrogen-bond donors (Lipinski definition) is 4. The van der Waals surface area contributed by atoms with E-state index in [1.54, 1.807) is 12.1 Å². The third kappa shape index (κ3) is 4.94. The van der Waals surface area contributed by atoms with E-state index in [0.29, 0.717) is 0 Å². The Balaban J connectivity index is 2.47. The summed E-state index contributed by atoms with van der Waals surface area (Å²) in [5.74, 6) is 4.25. The SMILES string of the molecule is C[C@@H](O)[C@H](NC(=O)OCc1ccccc1)C(=O)NN. The predicted molar refractivity (Wildman–Crippen MR) is 67.6 cm³/mol. The van der Waals surface area contributed by atoms with Crippen LogP contribution in [0.2, 0.25) is 0 Å². The Bertz CT molecular complexity index is 422. The number of hydrazine groups is 1. The number of amides is 2. The normalized spacial score (nSPS) is 13.2. The summed E-state index contributed by atoms with van der Waals surface area (Å²) < 4.78 is 4.92. The zero-order valence-electron chi connectivity index (χ0n) is 10.5. The summed E-state index contributed by atoms with van der Waals surface area (Å²) >= 11 is 0. The molecule has 0 aliphatic carbocycles. The smallest absolute Gasteiger partial charge is 0.408 e. The van der Waals surface area contributed by atoms with Crippen molar-refractivity contribution in [1.82, 2.24) is 10.7 Å². The minimum atomic E-state index is -1.16. The van der Waals surface area contributed by atoms with Crippen LogP contribution in [0.25, 0.3) is 0 Å². The number of ether oxygens (including phenoxy) is 1. The van der Waals surface area contributed by atoms with Crippen molar-refractivity contribution in [2.24, 2.45) is 5.84 Å². The number of hydrogen-bond acceptors (Lipinski definition) is 5. The lowest BCUT2D eigenvalue weighted by Crippen LogP contribution is -2.54. The van der Waals surface area contributed by atoms with E-state index >= 15 is 0 Å². The third-order valence-corrected chi connectivity index (χ3v) is 2.39. The molecule has 0 radical (unpaired) electrons. The van der Waals surface area contributed by atoms with Gasteiger partial charge < -0.3 is 15.2 Å². The molecule has 1 aromatic rings. The molecule has 7 heteroatoms. The largest absolute Gasteiger partial charge is 0.445 e. The summed E-state index contributed by atoms with van der Waals surface area (Å²) in [6.07, 6.45) is -1.90. The van der Waals surface area contributed by atoms with E-state index in [1.807, 2.05) is 23.6 Å². The first-order valence-electron chi connectivity index (χ1n) is 5.70. The van der Waals surface area contributed by atoms with Gasteiger partial charge in [-0.05, 0) is 12.5 Å². The van der Waals surface area contributed by atoms with Crippen molar-refractivity contribution in [1.29, 1.82) is 0 Å². The predicted octanol–water partition coefficient (Wildman–Crippen LogP) is -0.348. The molecule has 0 saturated carbocycles. The maximum absolute atomic E-state index is 11.5. The molecule has 0 spiro atoms. The zero-order chi connectivity index (χ0) is 14.3. The Hall–Kier alpha value is -2.12. The van der Waals surface area contributed by atoms with Crippen LogP contribution in [-0.2, 0) is 16.1 Å². The molecule has 5 N–H and O–H groups in total. The fourth-order valence-corrected chi connectivity index (χ4v) is 1.39. The van der Waals surface area contributed by atoms with E-state index < -0.39 is 24.1 Å². The topological polar surface area (TPSA) is 114 Å². The van der Waals surface area contributed by atoms with E-state index in [0.717, 1.165) is 5.56 Å². The number of carbonyl (C=O) groups excluding carboxylic acids is 2. The van der Waals surface area contributed by atoms with Crippen LogP contribution in [-0.4, -0.2) is 29.3 Å². The second-order valence-electron chi connectivity index (χ2n) is 3.93. The number of benzene rings is 1. The van der Waals surface area contributed by atoms with Gasteiger partial charge in [0.25, 0.3) is 5.91 Å². The highest BCUT2D eigenvalue weighted by molar-refractivity contribution is 5.85. The average molecular weight is 267 g/mol. The number of aliphatic hydroxyl groups excluding tert-OH is 1. The van der Waals surface area contributed by atoms with Crippen molar-refractivity contribution in [2.45, 2.75) is 25.7 Å². The average Bonchev–Trinajstić information content (AvgIpc) is 2.42. The summed E-state index contributed by atoms with van der Waals surface area (Å²) in [5.41, 5.74) is 2.67. The number of rotatable bonds is 5. The van der Waals surface area contributed by atoms with Crippen LogP contribution >= 0.6 is 0 Å². The van der Waals surface area contributed by atoms with E-state index in [9.17, 15) is 14.7 Å². The van der Waals surface area contributed by atoms with Crippen LogP contribution in [0.3, 0.4) is 0 Å². The van der Waals surface area contributed by atoms with Gasteiger partial charge in [0.2, 0.25) is 0 Å². The van der Waals surface area contributed by atoms with Crippen LogP contribution in [0.15, 0.2) is 30.3 Å². The highest BCUT2D eigenvalue weighted by Crippen LogP contribution is 2.01. The molecule has 1 rings (SSSR count). The second kappa shape index (κ2) is 7.34. The van der Waals surface area contributed by atoms with Gasteiger partial charge in [0.05, 0.1) is 6.10 Å². The van der Waals surface area contributed by atoms with Crippen molar-refractivity contribution >= 4 is 12.0 Å². The third-order valence-electron chi connectivity index (χ3n) is 2.39. The number of nitrogens with one attached hydrogen (secondary N) is 2. The lowest BCUT2D eigenvalue weighted by atomic mass is 10.2. The van der Waals surface area contributed by atoms with Crippen molar-refractivity contribution in [3.05, 3.63) is 35.9 Å². The highest BCUT2D eigenvalue weighted by atomic mass is 16.5. The van der Waals surface area contributed by atoms with Crippen molar-refractivity contribution in [3.8, 4) is 0 Å². The van der Waals surface area contributed by atoms with Crippen LogP contribution in [0, 0.1) is 0 Å². The molecule has 1 aromatic carbocycles. The van der Waals surface area contributed by atoms with Crippen molar-refractivity contribution < 1.29 is 19.4 Å². The molecule has 2 amide bonds. The van der Waals surface area contributed by atoms with Gasteiger partial charge in [-0.15, -0.1) is 0 Å². The number of alkyl carbamates (subject to hydrolysis) is 1. The lowest BCUT2D eigenvalue weighted by Gasteiger charge is -2.19. The summed E-state index contributed by atoms with van der Waals surface area (Å²) in [7, 11) is 0. The quantitative estimate of drug-likeness (QED) is 0.331. The minimum Gasteiger partial charge on any atom is -0.445 e. The first-order chi connectivity index (χ1) is 9.04. The van der Waals surface area contributed by atoms with Gasteiger partial charge in [0.1, 0.15) is 12.6 Å². The summed E-state index contributed by atoms with van der Waals surface area (Å²) in [6, 6.07) is 7.92. The Kier molecular flexibility index (Phi) is 5.77. The van der Waals surface area contributed by atoms with E-state index in [4.69, 9.17) is 10.6 Å². The summed E-state index contributed by atoms with van der Waals surface area (Å²) in [4.78, 5) is 22.8. The Morgan fingerprint density at radius 2 is 2.00 bits per heavy atom. The van der Waals surface area contributed by atoms with Crippen LogP contribution in [0.5, 0.6) is 0 Å². The van der Waals surface area contributed by atoms with Crippen molar-refractivity contribution in [3.63, 3.8) is 0 Å². The van der Waals surface area contributed by atoms with Crippen molar-refractivity contribution in [2.75, 3.05) is 0 Å². The van der Waals surface area contributed by atoms with Gasteiger partial charge in [-0.2, -0.15) is 0 Å². The van der Waals surface area contributed by atoms with Gasteiger partial charge in [-0.1, -0.05) is 30.3 Å². The Morgan fingerprint density at radius 1 is 1.37 bits per heavy atom. The van der Waals surface area contributed by atoms with Gasteiger partial charge in [0, 0.05) is 0 Å². The van der Waals surface area contributed by atoms with Gasteiger partial charge in [-0.25, -0.2) is 10.6 Å². The fourth-order valence-electron chi connectivity index (χ4n) is 1.39. The molecule has 0 heterocycles. The zero-order valence-corrected chi connectivity index (χ0v) is 10.5. The molecule has 0 aliphatic heterocycles. The molecule has 0 fully saturated rings. The molecule has 0 aromatic heterocycles. The van der Waals surface area contributed by atoms with Gasteiger partial charge in [0.15, 0.2) is 0 Å². The maximum atomic E-state index is 11.5. The van der Waals surface area contributed by atoms with E-state index in [1.165, 1.54) is 6.92 Å². The number of aliphatic hydroxyl groups is 1. The number of carbonyl (C=O) groups is 2. The molecule has 0 saturated heterocycles. The standard InChI is InChI=1S/C12H17N3O4/c1-8(16)10(11(17)15-13)14-12(18)19-7-9-5-3-2-4-6-9/h2-6,8,10,16H,7,13H2,1H3,(H,14,18)(H,15,17)/t8-,10+/m1/s1. The Morgan fingerprint density at radius 3 is 2.53 bits per heavy atom. The second-order valence-corrected chi connectivity index (χ2v) is 3.93. The highest BCUT2D eigenvalue weighted by Gasteiger charge is 2.25. The fraction of sp³-hybridized carbons (Fsp3) is 0.333. The van der Waals surface area contributed by atoms with Crippen LogP contribution < -0.4 is 16.6 Å². The van der Waals surface area contributed by atoms with Crippen LogP contribution in [0.4, 0.5) is 4.79 Å².